The largest absolute Gasteiger partial charge is 0.304 e. The second-order valence-corrected chi connectivity index (χ2v) is 3.88. The Hall–Kier alpha value is -0.410. The summed E-state index contributed by atoms with van der Waals surface area (Å²) in [7, 11) is 4.43. The van der Waals surface area contributed by atoms with Crippen molar-refractivity contribution in [3.05, 3.63) is 0 Å². The number of nitrogens with zero attached hydrogens (tertiary/aromatic N) is 2. The molecular formula is C11H24N2O. The van der Waals surface area contributed by atoms with Gasteiger partial charge in [-0.3, -0.25) is 0 Å². The van der Waals surface area contributed by atoms with Crippen LogP contribution in [0, 0.1) is 0 Å². The predicted octanol–water partition coefficient (Wildman–Crippen LogP) is 1.24. The van der Waals surface area contributed by atoms with E-state index in [0.29, 0.717) is 6.42 Å². The molecule has 0 unspecified atom stereocenters. The molecule has 0 radical (unpaired) electrons. The normalized spacial score (nSPS) is 23.9. The lowest BCUT2D eigenvalue weighted by molar-refractivity contribution is -0.107. The van der Waals surface area contributed by atoms with Crippen molar-refractivity contribution in [2.45, 2.75) is 32.7 Å². The van der Waals surface area contributed by atoms with E-state index in [-0.39, 0.29) is 0 Å². The van der Waals surface area contributed by atoms with E-state index < -0.39 is 0 Å². The Labute approximate surface area is 88.1 Å². The van der Waals surface area contributed by atoms with E-state index >= 15 is 0 Å². The summed E-state index contributed by atoms with van der Waals surface area (Å²) in [6.45, 7) is 7.78. The molecule has 0 N–H and O–H groups in total. The average molecular weight is 200 g/mol. The van der Waals surface area contributed by atoms with Crippen molar-refractivity contribution in [3.8, 4) is 0 Å². The van der Waals surface area contributed by atoms with Gasteiger partial charge in [-0.05, 0) is 20.5 Å². The number of hydrogen-bond donors (Lipinski definition) is 0. The Morgan fingerprint density at radius 1 is 1.29 bits per heavy atom. The van der Waals surface area contributed by atoms with Gasteiger partial charge in [0.05, 0.1) is 0 Å². The summed E-state index contributed by atoms with van der Waals surface area (Å²) in [5.74, 6) is 0. The minimum atomic E-state index is 0.639. The Kier molecular flexibility index (Phi) is 7.71. The quantitative estimate of drug-likeness (QED) is 0.627. The van der Waals surface area contributed by atoms with Crippen molar-refractivity contribution in [1.82, 2.24) is 9.80 Å². The van der Waals surface area contributed by atoms with E-state index in [9.17, 15) is 4.79 Å². The molecule has 0 amide bonds. The fraction of sp³-hybridized carbons (Fsp3) is 0.909. The summed E-state index contributed by atoms with van der Waals surface area (Å²) in [4.78, 5) is 14.0. The molecule has 1 fully saturated rings. The zero-order chi connectivity index (χ0) is 11.0. The van der Waals surface area contributed by atoms with E-state index in [1.54, 1.807) is 0 Å². The summed E-state index contributed by atoms with van der Waals surface area (Å²) in [5.41, 5.74) is 0. The van der Waals surface area contributed by atoms with Crippen LogP contribution in [-0.4, -0.2) is 55.9 Å². The minimum Gasteiger partial charge on any atom is -0.304 e. The van der Waals surface area contributed by atoms with Gasteiger partial charge in [-0.15, -0.1) is 0 Å². The molecule has 14 heavy (non-hydrogen) atoms. The van der Waals surface area contributed by atoms with Crippen LogP contribution in [0.1, 0.15) is 26.7 Å². The lowest BCUT2D eigenvalue weighted by Crippen LogP contribution is -2.49. The Bertz CT molecular complexity index is 150. The summed E-state index contributed by atoms with van der Waals surface area (Å²) in [6.07, 6.45) is 2.79. The standard InChI is InChI=1S/C8H18N2.C3H6O/c1-4-8-7-9(2)5-6-10(8)3;1-2-3-4/h8H,4-7H2,1-3H3;3H,2H2,1H3/t8-;/m1./s1. The third kappa shape index (κ3) is 5.35. The van der Waals surface area contributed by atoms with Crippen LogP contribution in [0.3, 0.4) is 0 Å². The summed E-state index contributed by atoms with van der Waals surface area (Å²) in [6, 6.07) is 0.791. The van der Waals surface area contributed by atoms with E-state index in [1.165, 1.54) is 26.1 Å². The van der Waals surface area contributed by atoms with E-state index in [0.717, 1.165) is 12.3 Å². The predicted molar refractivity (Wildman–Crippen MR) is 60.6 cm³/mol. The molecule has 0 aromatic rings. The molecule has 0 saturated carbocycles. The first-order chi connectivity index (χ1) is 6.65. The molecule has 3 nitrogen and oxygen atoms in total. The van der Waals surface area contributed by atoms with Gasteiger partial charge in [0.1, 0.15) is 6.29 Å². The molecule has 0 spiro atoms. The van der Waals surface area contributed by atoms with Crippen molar-refractivity contribution >= 4 is 6.29 Å². The second-order valence-electron chi connectivity index (χ2n) is 3.88. The highest BCUT2D eigenvalue weighted by atomic mass is 16.1. The topological polar surface area (TPSA) is 23.6 Å². The molecule has 3 heteroatoms. The highest BCUT2D eigenvalue weighted by Gasteiger charge is 2.19. The molecule has 0 aromatic heterocycles. The van der Waals surface area contributed by atoms with Crippen molar-refractivity contribution in [3.63, 3.8) is 0 Å². The van der Waals surface area contributed by atoms with Crippen LogP contribution in [0.5, 0.6) is 0 Å². The maximum absolute atomic E-state index is 9.17. The second kappa shape index (κ2) is 7.94. The molecule has 0 aliphatic carbocycles. The van der Waals surface area contributed by atoms with Crippen molar-refractivity contribution in [2.24, 2.45) is 0 Å². The van der Waals surface area contributed by atoms with Gasteiger partial charge >= 0.3 is 0 Å². The summed E-state index contributed by atoms with van der Waals surface area (Å²) >= 11 is 0. The van der Waals surface area contributed by atoms with Gasteiger partial charge in [-0.2, -0.15) is 0 Å². The first-order valence-electron chi connectivity index (χ1n) is 5.48. The zero-order valence-electron chi connectivity index (χ0n) is 9.99. The monoisotopic (exact) mass is 200 g/mol. The van der Waals surface area contributed by atoms with Gasteiger partial charge in [-0.1, -0.05) is 13.8 Å². The fourth-order valence-corrected chi connectivity index (χ4v) is 1.54. The van der Waals surface area contributed by atoms with Gasteiger partial charge in [0.15, 0.2) is 0 Å². The van der Waals surface area contributed by atoms with Gasteiger partial charge in [0.2, 0.25) is 0 Å². The number of carbonyl (C=O) groups excluding carboxylic acids is 1. The fourth-order valence-electron chi connectivity index (χ4n) is 1.54. The number of aldehydes is 1. The van der Waals surface area contributed by atoms with Gasteiger partial charge < -0.3 is 14.6 Å². The van der Waals surface area contributed by atoms with E-state index in [2.05, 4.69) is 30.8 Å². The lowest BCUT2D eigenvalue weighted by atomic mass is 10.1. The minimum absolute atomic E-state index is 0.639. The molecule has 1 saturated heterocycles. The lowest BCUT2D eigenvalue weighted by Gasteiger charge is -2.37. The molecule has 1 heterocycles. The highest BCUT2D eigenvalue weighted by Crippen LogP contribution is 2.07. The molecule has 1 aliphatic rings. The van der Waals surface area contributed by atoms with Gasteiger partial charge in [0, 0.05) is 32.1 Å². The maximum atomic E-state index is 9.17. The Morgan fingerprint density at radius 3 is 2.21 bits per heavy atom. The van der Waals surface area contributed by atoms with Crippen LogP contribution >= 0.6 is 0 Å². The number of carbonyl (C=O) groups is 1. The molecule has 1 aliphatic heterocycles. The molecule has 84 valence electrons. The van der Waals surface area contributed by atoms with Crippen molar-refractivity contribution in [1.29, 1.82) is 0 Å². The molecular weight excluding hydrogens is 176 g/mol. The van der Waals surface area contributed by atoms with Crippen LogP contribution in [0.15, 0.2) is 0 Å². The molecule has 0 bridgehead atoms. The Morgan fingerprint density at radius 2 is 1.86 bits per heavy atom. The van der Waals surface area contributed by atoms with Crippen LogP contribution in [0.4, 0.5) is 0 Å². The third-order valence-electron chi connectivity index (χ3n) is 2.62. The SMILES string of the molecule is CCC=O.CC[C@@H]1CN(C)CCN1C. The van der Waals surface area contributed by atoms with Gasteiger partial charge in [-0.25, -0.2) is 0 Å². The first-order valence-corrected chi connectivity index (χ1v) is 5.48. The molecule has 1 atom stereocenters. The smallest absolute Gasteiger partial charge is 0.119 e. The van der Waals surface area contributed by atoms with E-state index in [1.807, 2.05) is 6.92 Å². The zero-order valence-corrected chi connectivity index (χ0v) is 9.99. The van der Waals surface area contributed by atoms with Crippen LogP contribution in [0.25, 0.3) is 0 Å². The van der Waals surface area contributed by atoms with E-state index in [4.69, 9.17) is 0 Å². The van der Waals surface area contributed by atoms with Crippen LogP contribution in [0.2, 0.25) is 0 Å². The average Bonchev–Trinajstić information content (AvgIpc) is 2.22. The van der Waals surface area contributed by atoms with Crippen molar-refractivity contribution < 1.29 is 4.79 Å². The molecule has 1 rings (SSSR count). The number of likely N-dealkylation sites (N-methyl/N-ethyl adjacent to an activating group) is 2. The number of piperazine rings is 1. The van der Waals surface area contributed by atoms with Crippen molar-refractivity contribution in [2.75, 3.05) is 33.7 Å². The summed E-state index contributed by atoms with van der Waals surface area (Å²) in [5, 5.41) is 0. The van der Waals surface area contributed by atoms with Crippen LogP contribution in [-0.2, 0) is 4.79 Å². The first kappa shape index (κ1) is 13.6. The summed E-state index contributed by atoms with van der Waals surface area (Å²) < 4.78 is 0. The van der Waals surface area contributed by atoms with Crippen LogP contribution < -0.4 is 0 Å². The number of rotatable bonds is 2. The third-order valence-corrected chi connectivity index (χ3v) is 2.62. The molecule has 0 aromatic carbocycles. The Balaban J connectivity index is 0.000000364. The van der Waals surface area contributed by atoms with Gasteiger partial charge in [0.25, 0.3) is 0 Å². The number of hydrogen-bond acceptors (Lipinski definition) is 3. The maximum Gasteiger partial charge on any atom is 0.119 e. The highest BCUT2D eigenvalue weighted by molar-refractivity contribution is 5.48.